The second-order valence-electron chi connectivity index (χ2n) is 18.0. The Bertz CT molecular complexity index is 3100. The van der Waals surface area contributed by atoms with Gasteiger partial charge in [-0.15, -0.1) is 53.6 Å². The molecule has 0 aliphatic heterocycles. The summed E-state index contributed by atoms with van der Waals surface area (Å²) in [4.78, 5) is 14.4. The maximum atomic E-state index is 7.44. The summed E-state index contributed by atoms with van der Waals surface area (Å²) in [7, 11) is -1.45. The van der Waals surface area contributed by atoms with Gasteiger partial charge in [0.25, 0.3) is 0 Å². The molecule has 0 unspecified atom stereocenters. The van der Waals surface area contributed by atoms with Gasteiger partial charge in [-0.1, -0.05) is 139 Å². The quantitative estimate of drug-likeness (QED) is 0.112. The SMILES string of the molecule is Cc1cc2c(cn1)nc(-c1[c-]ccc3c1oc1ccccc13)n2-c1c(C(C)C)cc(-c2ccccc2)cc1C(C)C.[2H]C([2H])([2H])c1c[c-]c(-c2cc(C(C)C)c([Si](C)(C)C)cn2)cc1.[Ir]. The van der Waals surface area contributed by atoms with Gasteiger partial charge in [0.05, 0.1) is 36.7 Å². The molecule has 0 spiro atoms. The van der Waals surface area contributed by atoms with Gasteiger partial charge < -0.3 is 14.0 Å². The number of hydrogen-bond acceptors (Lipinski definition) is 4. The maximum Gasteiger partial charge on any atom is 0.120 e. The maximum absolute atomic E-state index is 7.44. The van der Waals surface area contributed by atoms with E-state index in [1.165, 1.54) is 38.7 Å². The minimum Gasteiger partial charge on any atom is -0.501 e. The van der Waals surface area contributed by atoms with Crippen molar-refractivity contribution in [2.45, 2.75) is 92.7 Å². The molecular weight excluding hydrogens is 953 g/mol. The number of hydrogen-bond donors (Lipinski definition) is 0. The number of rotatable bonds is 8. The van der Waals surface area contributed by atoms with Gasteiger partial charge in [-0.2, -0.15) is 0 Å². The topological polar surface area (TPSA) is 56.7 Å². The third kappa shape index (κ3) is 8.77. The van der Waals surface area contributed by atoms with Crippen molar-refractivity contribution in [2.24, 2.45) is 0 Å². The summed E-state index contributed by atoms with van der Waals surface area (Å²) in [5.74, 6) is 1.81. The minimum absolute atomic E-state index is 0. The van der Waals surface area contributed by atoms with Gasteiger partial charge >= 0.3 is 0 Å². The Morgan fingerprint density at radius 1 is 0.710 bits per heavy atom. The van der Waals surface area contributed by atoms with E-state index in [-0.39, 0.29) is 31.9 Å². The average Bonchev–Trinajstić information content (AvgIpc) is 3.84. The fraction of sp³-hybridized carbons (Fsp3) is 0.255. The normalized spacial score (nSPS) is 12.7. The van der Waals surface area contributed by atoms with Crippen LogP contribution in [0.3, 0.4) is 0 Å². The Morgan fingerprint density at radius 2 is 1.40 bits per heavy atom. The van der Waals surface area contributed by atoms with Crippen molar-refractivity contribution < 1.29 is 28.6 Å². The Morgan fingerprint density at radius 3 is 2.05 bits per heavy atom. The molecule has 0 saturated carbocycles. The van der Waals surface area contributed by atoms with Crippen LogP contribution in [0.5, 0.6) is 0 Å². The first-order valence-electron chi connectivity index (χ1n) is 22.8. The summed E-state index contributed by atoms with van der Waals surface area (Å²) in [6, 6.07) is 43.5. The fourth-order valence-corrected chi connectivity index (χ4v) is 9.93. The van der Waals surface area contributed by atoms with Crippen molar-refractivity contribution >= 4 is 46.2 Å². The number of aromatic nitrogens is 4. The molecule has 0 amide bonds. The van der Waals surface area contributed by atoms with E-state index in [1.54, 1.807) is 18.2 Å². The van der Waals surface area contributed by atoms with E-state index in [0.717, 1.165) is 61.3 Å². The van der Waals surface area contributed by atoms with Crippen LogP contribution in [0, 0.1) is 25.9 Å². The molecular formula is C55H56IrN4OSi-2. The number of benzene rings is 5. The van der Waals surface area contributed by atoms with Crippen LogP contribution in [0.15, 0.2) is 126 Å². The van der Waals surface area contributed by atoms with E-state index in [0.29, 0.717) is 11.5 Å². The van der Waals surface area contributed by atoms with Gasteiger partial charge in [-0.25, -0.2) is 0 Å². The number of fused-ring (bicyclic) bond motifs is 4. The van der Waals surface area contributed by atoms with Gasteiger partial charge in [-0.3, -0.25) is 9.97 Å². The molecule has 9 rings (SSSR count). The van der Waals surface area contributed by atoms with Crippen LogP contribution < -0.4 is 5.19 Å². The van der Waals surface area contributed by atoms with Crippen molar-refractivity contribution in [3.63, 3.8) is 0 Å². The van der Waals surface area contributed by atoms with Crippen LogP contribution >= 0.6 is 0 Å². The number of aryl methyl sites for hydroxylation is 2. The molecule has 7 heteroatoms. The largest absolute Gasteiger partial charge is 0.501 e. The van der Waals surface area contributed by atoms with Crippen molar-refractivity contribution in [1.82, 2.24) is 19.5 Å². The molecule has 0 saturated heterocycles. The molecule has 0 atom stereocenters. The third-order valence-corrected chi connectivity index (χ3v) is 13.5. The molecule has 0 aliphatic rings. The first kappa shape index (κ1) is 40.6. The van der Waals surface area contributed by atoms with Gasteiger partial charge in [0.1, 0.15) is 5.58 Å². The van der Waals surface area contributed by atoms with E-state index in [2.05, 4.69) is 161 Å². The van der Waals surface area contributed by atoms with Crippen LogP contribution in [0.1, 0.15) is 91.4 Å². The molecule has 1 radical (unpaired) electrons. The molecule has 4 aromatic heterocycles. The molecule has 0 aliphatic carbocycles. The van der Waals surface area contributed by atoms with Gasteiger partial charge in [0.2, 0.25) is 0 Å². The predicted octanol–water partition coefficient (Wildman–Crippen LogP) is 14.5. The van der Waals surface area contributed by atoms with Crippen LogP contribution in [0.2, 0.25) is 19.6 Å². The second kappa shape index (κ2) is 18.1. The van der Waals surface area contributed by atoms with Gasteiger partial charge in [0, 0.05) is 47.2 Å². The third-order valence-electron chi connectivity index (χ3n) is 11.4. The molecule has 62 heavy (non-hydrogen) atoms. The van der Waals surface area contributed by atoms with Crippen molar-refractivity contribution in [3.05, 3.63) is 162 Å². The Kier molecular flexibility index (Phi) is 11.9. The van der Waals surface area contributed by atoms with E-state index >= 15 is 0 Å². The van der Waals surface area contributed by atoms with E-state index in [1.807, 2.05) is 37.5 Å². The summed E-state index contributed by atoms with van der Waals surface area (Å²) in [6.45, 7) is 20.4. The minimum atomic E-state index is -2.09. The molecule has 9 aromatic rings. The molecule has 0 N–H and O–H groups in total. The van der Waals surface area contributed by atoms with Crippen molar-refractivity contribution in [3.8, 4) is 39.5 Å². The zero-order valence-electron chi connectivity index (χ0n) is 40.3. The number of nitrogens with zero attached hydrogens (tertiary/aromatic N) is 4. The molecule has 5 aromatic carbocycles. The molecule has 4 heterocycles. The summed E-state index contributed by atoms with van der Waals surface area (Å²) in [6.07, 6.45) is 3.88. The predicted molar refractivity (Wildman–Crippen MR) is 259 cm³/mol. The Balaban J connectivity index is 0.000000225. The van der Waals surface area contributed by atoms with E-state index in [9.17, 15) is 0 Å². The van der Waals surface area contributed by atoms with Crippen molar-refractivity contribution in [1.29, 1.82) is 0 Å². The van der Waals surface area contributed by atoms with E-state index in [4.69, 9.17) is 13.5 Å². The van der Waals surface area contributed by atoms with Gasteiger partial charge in [-0.05, 0) is 82.1 Å². The van der Waals surface area contributed by atoms with Crippen LogP contribution in [0.25, 0.3) is 72.4 Å². The Hall–Kier alpha value is -5.46. The Labute approximate surface area is 386 Å². The molecule has 0 fully saturated rings. The monoisotopic (exact) mass is 1010 g/mol. The summed E-state index contributed by atoms with van der Waals surface area (Å²) >= 11 is 0. The molecule has 5 nitrogen and oxygen atoms in total. The summed E-state index contributed by atoms with van der Waals surface area (Å²) in [5.41, 5.74) is 14.9. The summed E-state index contributed by atoms with van der Waals surface area (Å²) < 4.78 is 31.1. The first-order valence-corrected chi connectivity index (χ1v) is 24.8. The number of furan rings is 1. The zero-order chi connectivity index (χ0) is 45.7. The van der Waals surface area contributed by atoms with Crippen LogP contribution in [0.4, 0.5) is 0 Å². The van der Waals surface area contributed by atoms with Crippen LogP contribution in [-0.2, 0) is 20.1 Å². The second-order valence-corrected chi connectivity index (χ2v) is 23.0. The fourth-order valence-electron chi connectivity index (χ4n) is 8.25. The zero-order valence-corrected chi connectivity index (χ0v) is 40.7. The summed E-state index contributed by atoms with van der Waals surface area (Å²) in [5, 5.41) is 3.54. The number of imidazole rings is 1. The number of para-hydroxylation sites is 1. The van der Waals surface area contributed by atoms with Crippen LogP contribution in [-0.4, -0.2) is 27.6 Å². The molecule has 317 valence electrons. The standard InChI is InChI=1S/C37H32N3O.C18H24NSi.Ir/c1-22(2)30-19-26(25-12-7-6-8-13-25)20-31(23(3)4)35(30)40-33-18-24(5)38-21-32(33)39-37(40)29-16-11-15-28-27-14-9-10-17-34(27)41-36(28)29;1-13(2)16-11-17(15-9-7-14(3)8-10-15)19-12-18(16)20(4,5)6;/h6-15,17-23H,1-5H3;7-9,11-13H,1-6H3;/q2*-1;/i;3D3;. The molecule has 0 bridgehead atoms. The number of pyridine rings is 2. The van der Waals surface area contributed by atoms with Gasteiger partial charge in [0.15, 0.2) is 0 Å². The average molecular weight is 1010 g/mol. The smallest absolute Gasteiger partial charge is 0.120 e. The van der Waals surface area contributed by atoms with E-state index < -0.39 is 14.9 Å². The van der Waals surface area contributed by atoms with Crippen molar-refractivity contribution in [2.75, 3.05) is 0 Å². The first-order chi connectivity index (χ1) is 30.4.